The van der Waals surface area contributed by atoms with Crippen LogP contribution in [0.4, 0.5) is 4.39 Å². The van der Waals surface area contributed by atoms with Crippen LogP contribution in [0.5, 0.6) is 0 Å². The number of nitriles is 1. The van der Waals surface area contributed by atoms with E-state index < -0.39 is 5.82 Å². The van der Waals surface area contributed by atoms with E-state index in [-0.39, 0.29) is 5.56 Å². The van der Waals surface area contributed by atoms with E-state index in [1.807, 2.05) is 6.07 Å². The standard InChI is InChI=1S/C16H22FN3/c1-2-20(11-13-5-7-19-8-6-13)12-14-3-4-16(17)15(9-14)10-18/h3-4,9,13,19H,2,5-8,11-12H2,1H3. The fraction of sp³-hybridized carbons (Fsp3) is 0.562. The van der Waals surface area contributed by atoms with Crippen LogP contribution in [0.2, 0.25) is 0 Å². The van der Waals surface area contributed by atoms with Crippen LogP contribution in [-0.2, 0) is 6.54 Å². The molecule has 0 unspecified atom stereocenters. The van der Waals surface area contributed by atoms with Crippen molar-refractivity contribution in [2.75, 3.05) is 26.2 Å². The molecule has 20 heavy (non-hydrogen) atoms. The summed E-state index contributed by atoms with van der Waals surface area (Å²) in [4.78, 5) is 2.38. The minimum atomic E-state index is -0.433. The molecule has 0 atom stereocenters. The number of hydrogen-bond donors (Lipinski definition) is 1. The fourth-order valence-electron chi connectivity index (χ4n) is 2.75. The number of nitrogens with one attached hydrogen (secondary N) is 1. The molecule has 0 radical (unpaired) electrons. The van der Waals surface area contributed by atoms with Crippen molar-refractivity contribution >= 4 is 0 Å². The van der Waals surface area contributed by atoms with Crippen molar-refractivity contribution < 1.29 is 4.39 Å². The van der Waals surface area contributed by atoms with E-state index in [1.165, 1.54) is 18.9 Å². The number of hydrogen-bond acceptors (Lipinski definition) is 3. The molecule has 3 nitrogen and oxygen atoms in total. The van der Waals surface area contributed by atoms with Gasteiger partial charge in [0.15, 0.2) is 0 Å². The number of halogens is 1. The minimum Gasteiger partial charge on any atom is -0.317 e. The van der Waals surface area contributed by atoms with Gasteiger partial charge in [-0.15, -0.1) is 0 Å². The molecule has 0 spiro atoms. The number of piperidine rings is 1. The summed E-state index contributed by atoms with van der Waals surface area (Å²) in [7, 11) is 0. The Labute approximate surface area is 120 Å². The van der Waals surface area contributed by atoms with Crippen LogP contribution in [0.1, 0.15) is 30.9 Å². The molecule has 0 bridgehead atoms. The summed E-state index contributed by atoms with van der Waals surface area (Å²) >= 11 is 0. The highest BCUT2D eigenvalue weighted by Crippen LogP contribution is 2.16. The second kappa shape index (κ2) is 7.37. The first-order valence-electron chi connectivity index (χ1n) is 7.34. The Morgan fingerprint density at radius 1 is 1.40 bits per heavy atom. The highest BCUT2D eigenvalue weighted by atomic mass is 19.1. The average molecular weight is 275 g/mol. The number of nitrogens with zero attached hydrogens (tertiary/aromatic N) is 2. The molecule has 1 aromatic carbocycles. The zero-order valence-electron chi connectivity index (χ0n) is 12.0. The first kappa shape index (κ1) is 15.0. The van der Waals surface area contributed by atoms with Gasteiger partial charge in [-0.1, -0.05) is 13.0 Å². The zero-order valence-corrected chi connectivity index (χ0v) is 12.0. The molecule has 1 aliphatic heterocycles. The van der Waals surface area contributed by atoms with Crippen LogP contribution in [0.25, 0.3) is 0 Å². The van der Waals surface area contributed by atoms with Crippen molar-refractivity contribution in [2.24, 2.45) is 5.92 Å². The van der Waals surface area contributed by atoms with Gasteiger partial charge in [0.2, 0.25) is 0 Å². The van der Waals surface area contributed by atoms with E-state index in [1.54, 1.807) is 12.1 Å². The van der Waals surface area contributed by atoms with E-state index in [9.17, 15) is 4.39 Å². The number of benzene rings is 1. The lowest BCUT2D eigenvalue weighted by Crippen LogP contribution is -2.35. The van der Waals surface area contributed by atoms with Crippen LogP contribution < -0.4 is 5.32 Å². The Hall–Kier alpha value is -1.44. The summed E-state index contributed by atoms with van der Waals surface area (Å²) < 4.78 is 13.3. The molecule has 1 aromatic rings. The SMILES string of the molecule is CCN(Cc1ccc(F)c(C#N)c1)CC1CCNCC1. The monoisotopic (exact) mass is 275 g/mol. The molecule has 1 saturated heterocycles. The zero-order chi connectivity index (χ0) is 14.4. The van der Waals surface area contributed by atoms with Gasteiger partial charge < -0.3 is 5.32 Å². The molecule has 0 aromatic heterocycles. The topological polar surface area (TPSA) is 39.1 Å². The molecule has 1 aliphatic rings. The normalized spacial score (nSPS) is 16.3. The smallest absolute Gasteiger partial charge is 0.140 e. The third-order valence-electron chi connectivity index (χ3n) is 3.98. The molecule has 0 aliphatic carbocycles. The van der Waals surface area contributed by atoms with Crippen molar-refractivity contribution in [3.63, 3.8) is 0 Å². The summed E-state index contributed by atoms with van der Waals surface area (Å²) in [5.41, 5.74) is 1.15. The third kappa shape index (κ3) is 4.03. The second-order valence-electron chi connectivity index (χ2n) is 5.45. The summed E-state index contributed by atoms with van der Waals surface area (Å²) in [6.07, 6.45) is 2.45. The highest BCUT2D eigenvalue weighted by molar-refractivity contribution is 5.34. The van der Waals surface area contributed by atoms with Gasteiger partial charge in [0.25, 0.3) is 0 Å². The van der Waals surface area contributed by atoms with Gasteiger partial charge in [-0.05, 0) is 56.1 Å². The maximum atomic E-state index is 13.3. The predicted molar refractivity (Wildman–Crippen MR) is 77.7 cm³/mol. The lowest BCUT2D eigenvalue weighted by Gasteiger charge is -2.29. The third-order valence-corrected chi connectivity index (χ3v) is 3.98. The van der Waals surface area contributed by atoms with Gasteiger partial charge in [0.05, 0.1) is 5.56 Å². The van der Waals surface area contributed by atoms with Crippen molar-refractivity contribution in [3.05, 3.63) is 35.1 Å². The first-order valence-corrected chi connectivity index (χ1v) is 7.34. The molecule has 0 saturated carbocycles. The molecular weight excluding hydrogens is 253 g/mol. The Kier molecular flexibility index (Phi) is 5.51. The summed E-state index contributed by atoms with van der Waals surface area (Å²) in [6, 6.07) is 6.75. The van der Waals surface area contributed by atoms with Gasteiger partial charge >= 0.3 is 0 Å². The Morgan fingerprint density at radius 2 is 2.15 bits per heavy atom. The maximum Gasteiger partial charge on any atom is 0.140 e. The maximum absolute atomic E-state index is 13.3. The van der Waals surface area contributed by atoms with Gasteiger partial charge in [0.1, 0.15) is 11.9 Å². The molecular formula is C16H22FN3. The Balaban J connectivity index is 1.97. The number of rotatable bonds is 5. The van der Waals surface area contributed by atoms with Gasteiger partial charge in [-0.3, -0.25) is 4.90 Å². The molecule has 1 fully saturated rings. The molecule has 0 amide bonds. The summed E-state index contributed by atoms with van der Waals surface area (Å²) in [5.74, 6) is 0.310. The van der Waals surface area contributed by atoms with E-state index >= 15 is 0 Å². The molecule has 2 rings (SSSR count). The minimum absolute atomic E-state index is 0.139. The van der Waals surface area contributed by atoms with Crippen LogP contribution in [0, 0.1) is 23.1 Å². The van der Waals surface area contributed by atoms with Crippen molar-refractivity contribution in [1.29, 1.82) is 5.26 Å². The van der Waals surface area contributed by atoms with Gasteiger partial charge in [-0.2, -0.15) is 5.26 Å². The van der Waals surface area contributed by atoms with Crippen LogP contribution in [-0.4, -0.2) is 31.1 Å². The molecule has 1 heterocycles. The van der Waals surface area contributed by atoms with E-state index in [0.29, 0.717) is 0 Å². The quantitative estimate of drug-likeness (QED) is 0.897. The highest BCUT2D eigenvalue weighted by Gasteiger charge is 2.16. The van der Waals surface area contributed by atoms with Crippen molar-refractivity contribution in [1.82, 2.24) is 10.2 Å². The second-order valence-corrected chi connectivity index (χ2v) is 5.45. The van der Waals surface area contributed by atoms with Crippen LogP contribution in [0.15, 0.2) is 18.2 Å². The van der Waals surface area contributed by atoms with E-state index in [0.717, 1.165) is 44.2 Å². The van der Waals surface area contributed by atoms with Gasteiger partial charge in [-0.25, -0.2) is 4.39 Å². The fourth-order valence-corrected chi connectivity index (χ4v) is 2.75. The molecule has 108 valence electrons. The van der Waals surface area contributed by atoms with E-state index in [2.05, 4.69) is 17.1 Å². The molecule has 4 heteroatoms. The van der Waals surface area contributed by atoms with Crippen molar-refractivity contribution in [2.45, 2.75) is 26.3 Å². The lowest BCUT2D eigenvalue weighted by atomic mass is 9.97. The Bertz CT molecular complexity index is 475. The van der Waals surface area contributed by atoms with Crippen LogP contribution >= 0.6 is 0 Å². The largest absolute Gasteiger partial charge is 0.317 e. The average Bonchev–Trinajstić information content (AvgIpc) is 2.49. The first-order chi connectivity index (χ1) is 9.72. The summed E-state index contributed by atoms with van der Waals surface area (Å²) in [6.45, 7) is 7.21. The summed E-state index contributed by atoms with van der Waals surface area (Å²) in [5, 5.41) is 12.3. The predicted octanol–water partition coefficient (Wildman–Crippen LogP) is 2.52. The van der Waals surface area contributed by atoms with Gasteiger partial charge in [0, 0.05) is 13.1 Å². The molecule has 1 N–H and O–H groups in total. The van der Waals surface area contributed by atoms with Crippen LogP contribution in [0.3, 0.4) is 0 Å². The Morgan fingerprint density at radius 3 is 2.80 bits per heavy atom. The van der Waals surface area contributed by atoms with Crippen molar-refractivity contribution in [3.8, 4) is 6.07 Å². The lowest BCUT2D eigenvalue weighted by molar-refractivity contribution is 0.207. The van der Waals surface area contributed by atoms with E-state index in [4.69, 9.17) is 5.26 Å².